The molecule has 0 saturated heterocycles. The van der Waals surface area contributed by atoms with Gasteiger partial charge in [0.05, 0.1) is 24.0 Å². The molecule has 0 unspecified atom stereocenters. The molecule has 2 atom stereocenters. The average molecular weight is 751 g/mol. The first-order valence-electron chi connectivity index (χ1n) is 17.9. The zero-order valence-electron chi connectivity index (χ0n) is 30.7. The lowest BCUT2D eigenvalue weighted by atomic mass is 9.83. The van der Waals surface area contributed by atoms with E-state index < -0.39 is 50.5 Å². The maximum absolute atomic E-state index is 14.4. The van der Waals surface area contributed by atoms with E-state index in [1.807, 2.05) is 74.5 Å². The zero-order chi connectivity index (χ0) is 38.6. The van der Waals surface area contributed by atoms with Crippen LogP contribution in [0.2, 0.25) is 0 Å². The van der Waals surface area contributed by atoms with Crippen molar-refractivity contribution in [3.05, 3.63) is 106 Å². The van der Waals surface area contributed by atoms with E-state index in [0.29, 0.717) is 32.1 Å². The van der Waals surface area contributed by atoms with E-state index in [9.17, 15) is 32.9 Å². The van der Waals surface area contributed by atoms with Gasteiger partial charge in [-0.1, -0.05) is 87.4 Å². The minimum absolute atomic E-state index is 0.0276. The molecule has 13 nitrogen and oxygen atoms in total. The zero-order valence-corrected chi connectivity index (χ0v) is 31.5. The van der Waals surface area contributed by atoms with Crippen LogP contribution in [0.4, 0.5) is 10.5 Å². The number of hydrogen-bond donors (Lipinski definition) is 2. The second-order valence-electron chi connectivity index (χ2n) is 13.9. The third-order valence-electron chi connectivity index (χ3n) is 9.88. The van der Waals surface area contributed by atoms with Gasteiger partial charge >= 0.3 is 12.1 Å². The largest absolute Gasteiger partial charge is 0.468 e. The summed E-state index contributed by atoms with van der Waals surface area (Å²) < 4.78 is 39.3. The van der Waals surface area contributed by atoms with E-state index >= 15 is 0 Å². The first-order valence-corrected chi connectivity index (χ1v) is 19.4. The number of carbonyl (C=O) groups is 3. The van der Waals surface area contributed by atoms with Crippen LogP contribution in [0.25, 0.3) is 0 Å². The quantitative estimate of drug-likeness (QED) is 0.0856. The van der Waals surface area contributed by atoms with Crippen molar-refractivity contribution in [2.45, 2.75) is 93.7 Å². The normalized spacial score (nSPS) is 15.2. The summed E-state index contributed by atoms with van der Waals surface area (Å²) in [6.45, 7) is 3.91. The van der Waals surface area contributed by atoms with E-state index in [1.54, 1.807) is 0 Å². The van der Waals surface area contributed by atoms with Crippen molar-refractivity contribution in [1.82, 2.24) is 14.9 Å². The van der Waals surface area contributed by atoms with Crippen molar-refractivity contribution in [3.8, 4) is 0 Å². The molecule has 0 aliphatic heterocycles. The van der Waals surface area contributed by atoms with Crippen molar-refractivity contribution in [2.24, 2.45) is 5.92 Å². The fraction of sp³-hybridized carbons (Fsp3) is 0.462. The molecule has 0 radical (unpaired) electrons. The van der Waals surface area contributed by atoms with Gasteiger partial charge < -0.3 is 20.1 Å². The Morgan fingerprint density at radius 3 is 1.92 bits per heavy atom. The van der Waals surface area contributed by atoms with Gasteiger partial charge in [-0.3, -0.25) is 19.7 Å². The number of amides is 2. The number of methoxy groups -OCH3 is 2. The molecule has 2 N–H and O–H groups in total. The molecule has 4 rings (SSSR count). The maximum atomic E-state index is 14.4. The molecule has 1 fully saturated rings. The second kappa shape index (κ2) is 18.8. The van der Waals surface area contributed by atoms with Crippen molar-refractivity contribution in [2.75, 3.05) is 20.8 Å². The van der Waals surface area contributed by atoms with E-state index in [2.05, 4.69) is 10.6 Å². The number of ether oxygens (including phenoxy) is 2. The van der Waals surface area contributed by atoms with Gasteiger partial charge in [-0.25, -0.2) is 13.2 Å². The number of benzene rings is 3. The number of hydrogen-bond acceptors (Lipinski definition) is 9. The summed E-state index contributed by atoms with van der Waals surface area (Å²) in [4.78, 5) is 50.9. The summed E-state index contributed by atoms with van der Waals surface area (Å²) >= 11 is 0. The topological polar surface area (TPSA) is 174 Å². The van der Waals surface area contributed by atoms with Crippen LogP contribution in [0.15, 0.2) is 89.8 Å². The molecule has 53 heavy (non-hydrogen) atoms. The molecule has 0 spiro atoms. The standard InChI is InChI=1S/C39H50N4O9S/c1-28(2)23-27-42(53(49,50)32-21-19-31(20-22-32)43(47)48)33(37(45)51-3)18-13-26-39(24-11-12-25-39)41-36(44)35(40-38(46)52-4)34(29-14-7-5-8-15-29)30-16-9-6-10-17-30/h5-10,14-17,19-22,28,33-35H,11-13,18,23-27H2,1-4H3,(H,40,46)(H,41,44)/t33-,35-/m0/s1. The fourth-order valence-corrected chi connectivity index (χ4v) is 8.69. The number of nitrogens with zero attached hydrogens (tertiary/aromatic N) is 2. The van der Waals surface area contributed by atoms with Crippen molar-refractivity contribution in [3.63, 3.8) is 0 Å². The van der Waals surface area contributed by atoms with Crippen LogP contribution >= 0.6 is 0 Å². The Morgan fingerprint density at radius 2 is 1.43 bits per heavy atom. The summed E-state index contributed by atoms with van der Waals surface area (Å²) in [5.41, 5.74) is 0.722. The minimum atomic E-state index is -4.28. The lowest BCUT2D eigenvalue weighted by Gasteiger charge is -2.36. The average Bonchev–Trinajstić information content (AvgIpc) is 3.62. The van der Waals surface area contributed by atoms with Crippen LogP contribution in [0.3, 0.4) is 0 Å². The molecule has 0 aromatic heterocycles. The predicted molar refractivity (Wildman–Crippen MR) is 199 cm³/mol. The van der Waals surface area contributed by atoms with Crippen LogP contribution in [0.1, 0.15) is 82.3 Å². The van der Waals surface area contributed by atoms with Crippen LogP contribution in [0.5, 0.6) is 0 Å². The maximum Gasteiger partial charge on any atom is 0.407 e. The Hall–Kier alpha value is -4.82. The number of nitro benzene ring substituents is 1. The van der Waals surface area contributed by atoms with Crippen LogP contribution in [-0.4, -0.2) is 74.0 Å². The van der Waals surface area contributed by atoms with Gasteiger partial charge in [0.2, 0.25) is 15.9 Å². The predicted octanol–water partition coefficient (Wildman–Crippen LogP) is 6.33. The molecule has 14 heteroatoms. The number of carbonyl (C=O) groups excluding carboxylic acids is 3. The molecular formula is C39H50N4O9S. The highest BCUT2D eigenvalue weighted by Crippen LogP contribution is 2.36. The van der Waals surface area contributed by atoms with Gasteiger partial charge in [0.25, 0.3) is 5.69 Å². The molecule has 3 aromatic carbocycles. The summed E-state index contributed by atoms with van der Waals surface area (Å²) in [7, 11) is -1.83. The van der Waals surface area contributed by atoms with Crippen LogP contribution in [-0.2, 0) is 29.1 Å². The number of sulfonamides is 1. The van der Waals surface area contributed by atoms with Gasteiger partial charge in [-0.15, -0.1) is 0 Å². The van der Waals surface area contributed by atoms with Gasteiger partial charge in [-0.05, 0) is 67.7 Å². The van der Waals surface area contributed by atoms with E-state index in [0.717, 1.165) is 40.4 Å². The summed E-state index contributed by atoms with van der Waals surface area (Å²) in [5, 5.41) is 17.3. The Labute approximate surface area is 311 Å². The number of rotatable bonds is 18. The molecule has 0 heterocycles. The summed E-state index contributed by atoms with van der Waals surface area (Å²) in [6.07, 6.45) is 3.64. The highest BCUT2D eigenvalue weighted by Gasteiger charge is 2.42. The number of non-ortho nitro benzene ring substituents is 1. The molecule has 1 aliphatic carbocycles. The number of nitrogens with one attached hydrogen (secondary N) is 2. The third-order valence-corrected chi connectivity index (χ3v) is 11.8. The third kappa shape index (κ3) is 10.6. The molecule has 2 amide bonds. The molecular weight excluding hydrogens is 701 g/mol. The lowest BCUT2D eigenvalue weighted by Crippen LogP contribution is -2.56. The summed E-state index contributed by atoms with van der Waals surface area (Å²) in [6, 6.07) is 21.3. The van der Waals surface area contributed by atoms with E-state index in [1.165, 1.54) is 26.4 Å². The first-order chi connectivity index (χ1) is 25.3. The van der Waals surface area contributed by atoms with E-state index in [4.69, 9.17) is 9.47 Å². The molecule has 1 saturated carbocycles. The molecule has 3 aromatic rings. The molecule has 0 bridgehead atoms. The van der Waals surface area contributed by atoms with Gasteiger partial charge in [-0.2, -0.15) is 4.31 Å². The minimum Gasteiger partial charge on any atom is -0.468 e. The smallest absolute Gasteiger partial charge is 0.407 e. The second-order valence-corrected chi connectivity index (χ2v) is 15.8. The monoisotopic (exact) mass is 750 g/mol. The summed E-state index contributed by atoms with van der Waals surface area (Å²) in [5.74, 6) is -1.54. The van der Waals surface area contributed by atoms with E-state index in [-0.39, 0.29) is 35.4 Å². The van der Waals surface area contributed by atoms with Crippen LogP contribution < -0.4 is 10.6 Å². The van der Waals surface area contributed by atoms with Gasteiger partial charge in [0.1, 0.15) is 12.1 Å². The van der Waals surface area contributed by atoms with Gasteiger partial charge in [0.15, 0.2) is 0 Å². The highest BCUT2D eigenvalue weighted by molar-refractivity contribution is 7.89. The lowest BCUT2D eigenvalue weighted by molar-refractivity contribution is -0.384. The number of nitro groups is 1. The van der Waals surface area contributed by atoms with Crippen molar-refractivity contribution in [1.29, 1.82) is 0 Å². The fourth-order valence-electron chi connectivity index (χ4n) is 7.07. The molecule has 1 aliphatic rings. The SMILES string of the molecule is COC(=O)N[C@H](C(=O)NC1(CCC[C@@H](C(=O)OC)N(CCC(C)C)S(=O)(=O)c2ccc([N+](=O)[O-])cc2)CCCC1)C(c1ccccc1)c1ccccc1. The Bertz CT molecular complexity index is 1740. The first kappa shape index (κ1) is 40.9. The number of esters is 1. The number of alkyl carbamates (subject to hydrolysis) is 1. The Morgan fingerprint density at radius 1 is 0.868 bits per heavy atom. The Balaban J connectivity index is 1.62. The molecule has 286 valence electrons. The van der Waals surface area contributed by atoms with Crippen molar-refractivity contribution >= 4 is 33.7 Å². The van der Waals surface area contributed by atoms with Crippen LogP contribution in [0, 0.1) is 16.0 Å². The van der Waals surface area contributed by atoms with Crippen molar-refractivity contribution < 1.29 is 37.2 Å². The highest BCUT2D eigenvalue weighted by atomic mass is 32.2. The van der Waals surface area contributed by atoms with Gasteiger partial charge in [0, 0.05) is 30.1 Å². The Kier molecular flexibility index (Phi) is 14.5.